The van der Waals surface area contributed by atoms with Crippen molar-refractivity contribution in [1.82, 2.24) is 0 Å². The van der Waals surface area contributed by atoms with Crippen LogP contribution < -0.4 is 4.90 Å². The molecule has 56 heavy (non-hydrogen) atoms. The first-order chi connectivity index (χ1) is 27.7. The van der Waals surface area contributed by atoms with Crippen molar-refractivity contribution in [2.45, 2.75) is 0 Å². The lowest BCUT2D eigenvalue weighted by molar-refractivity contribution is 0.604. The van der Waals surface area contributed by atoms with Crippen molar-refractivity contribution in [1.29, 1.82) is 0 Å². The van der Waals surface area contributed by atoms with Gasteiger partial charge in [0.1, 0.15) is 33.7 Å². The van der Waals surface area contributed by atoms with Gasteiger partial charge in [0.15, 0.2) is 0 Å². The summed E-state index contributed by atoms with van der Waals surface area (Å²) in [5.41, 5.74) is 11.7. The Morgan fingerprint density at radius 2 is 1.02 bits per heavy atom. The van der Waals surface area contributed by atoms with Gasteiger partial charge in [-0.3, -0.25) is 0 Å². The molecule has 0 unspecified atom stereocenters. The average molecular weight is 720 g/mol. The molecule has 11 rings (SSSR count). The van der Waals surface area contributed by atoms with Gasteiger partial charge in [0, 0.05) is 43.9 Å². The minimum Gasteiger partial charge on any atom is -0.456 e. The van der Waals surface area contributed by atoms with Crippen LogP contribution in [0.1, 0.15) is 16.9 Å². The topological polar surface area (TPSA) is 42.7 Å². The van der Waals surface area contributed by atoms with E-state index in [0.717, 1.165) is 105 Å². The quantitative estimate of drug-likeness (QED) is 0.164. The third-order valence-corrected chi connectivity index (χ3v) is 10.9. The number of fused-ring (bicyclic) bond motifs is 8. The van der Waals surface area contributed by atoms with Crippen LogP contribution in [-0.4, -0.2) is 0 Å². The Kier molecular flexibility index (Phi) is 7.29. The van der Waals surface area contributed by atoms with E-state index in [0.29, 0.717) is 0 Å². The van der Waals surface area contributed by atoms with E-state index in [1.165, 1.54) is 5.39 Å². The van der Waals surface area contributed by atoms with E-state index in [9.17, 15) is 0 Å². The van der Waals surface area contributed by atoms with Crippen LogP contribution >= 0.6 is 0 Å². The molecule has 3 heterocycles. The Labute approximate surface area is 322 Å². The van der Waals surface area contributed by atoms with Crippen molar-refractivity contribution in [2.75, 3.05) is 4.90 Å². The lowest BCUT2D eigenvalue weighted by Crippen LogP contribution is -2.11. The minimum absolute atomic E-state index is 0.745. The van der Waals surface area contributed by atoms with E-state index in [4.69, 9.17) is 13.3 Å². The number of hydrogen-bond acceptors (Lipinski definition) is 4. The number of para-hydroxylation sites is 3. The van der Waals surface area contributed by atoms with Gasteiger partial charge >= 0.3 is 0 Å². The summed E-state index contributed by atoms with van der Waals surface area (Å²) in [6, 6.07) is 59.3. The van der Waals surface area contributed by atoms with Crippen LogP contribution in [0.15, 0.2) is 190 Å². The third-order valence-electron chi connectivity index (χ3n) is 10.9. The summed E-state index contributed by atoms with van der Waals surface area (Å²) < 4.78 is 18.8. The first-order valence-corrected chi connectivity index (χ1v) is 18.8. The second-order valence-corrected chi connectivity index (χ2v) is 14.1. The smallest absolute Gasteiger partial charge is 0.136 e. The molecule has 0 amide bonds. The van der Waals surface area contributed by atoms with Gasteiger partial charge in [0.25, 0.3) is 0 Å². The molecule has 0 radical (unpaired) electrons. The Balaban J connectivity index is 1.04. The molecular formula is C52H33NO3. The van der Waals surface area contributed by atoms with Gasteiger partial charge in [-0.1, -0.05) is 110 Å². The molecule has 0 aliphatic carbocycles. The maximum Gasteiger partial charge on any atom is 0.136 e. The fourth-order valence-electron chi connectivity index (χ4n) is 8.14. The van der Waals surface area contributed by atoms with Crippen LogP contribution in [0.2, 0.25) is 0 Å². The number of furan rings is 3. The van der Waals surface area contributed by atoms with Crippen LogP contribution in [0.4, 0.5) is 17.1 Å². The second-order valence-electron chi connectivity index (χ2n) is 14.1. The number of anilines is 3. The zero-order valence-electron chi connectivity index (χ0n) is 30.3. The van der Waals surface area contributed by atoms with Gasteiger partial charge in [-0.25, -0.2) is 0 Å². The first kappa shape index (κ1) is 31.9. The SMILES string of the molecule is C=Cc1oc2cc3ccccc3cc2c1/C=C/c1ccccc1N(c1ccc(-c2ccc3c(c2)oc2ccccc23)cc1)c1ccc2oc3ccccc3c2c1. The highest BCUT2D eigenvalue weighted by atomic mass is 16.3. The van der Waals surface area contributed by atoms with Crippen molar-refractivity contribution in [2.24, 2.45) is 0 Å². The number of benzene rings is 8. The van der Waals surface area contributed by atoms with Crippen LogP contribution in [0.3, 0.4) is 0 Å². The Morgan fingerprint density at radius 3 is 1.82 bits per heavy atom. The highest BCUT2D eigenvalue weighted by Gasteiger charge is 2.19. The maximum absolute atomic E-state index is 6.32. The van der Waals surface area contributed by atoms with Crippen molar-refractivity contribution < 1.29 is 13.3 Å². The van der Waals surface area contributed by atoms with Gasteiger partial charge in [-0.15, -0.1) is 0 Å². The summed E-state index contributed by atoms with van der Waals surface area (Å²) >= 11 is 0. The molecule has 0 atom stereocenters. The molecule has 0 saturated carbocycles. The van der Waals surface area contributed by atoms with E-state index >= 15 is 0 Å². The summed E-state index contributed by atoms with van der Waals surface area (Å²) in [4.78, 5) is 2.32. The summed E-state index contributed by atoms with van der Waals surface area (Å²) in [6.07, 6.45) is 6.12. The van der Waals surface area contributed by atoms with Crippen LogP contribution in [0.5, 0.6) is 0 Å². The molecule has 264 valence electrons. The predicted octanol–water partition coefficient (Wildman–Crippen LogP) is 15.3. The van der Waals surface area contributed by atoms with Crippen molar-refractivity contribution >= 4 is 101 Å². The Hall–Kier alpha value is -7.56. The van der Waals surface area contributed by atoms with Gasteiger partial charge in [0.05, 0.1) is 5.69 Å². The fraction of sp³-hybridized carbons (Fsp3) is 0. The molecule has 0 fully saturated rings. The monoisotopic (exact) mass is 719 g/mol. The summed E-state index contributed by atoms with van der Waals surface area (Å²) in [7, 11) is 0. The van der Waals surface area contributed by atoms with Crippen molar-refractivity contribution in [3.8, 4) is 11.1 Å². The Bertz CT molecular complexity index is 3340. The predicted molar refractivity (Wildman–Crippen MR) is 234 cm³/mol. The zero-order valence-corrected chi connectivity index (χ0v) is 30.3. The van der Waals surface area contributed by atoms with E-state index in [1.54, 1.807) is 6.08 Å². The lowest BCUT2D eigenvalue weighted by atomic mass is 10.0. The number of rotatable bonds is 7. The van der Waals surface area contributed by atoms with Crippen LogP contribution in [-0.2, 0) is 0 Å². The summed E-state index contributed by atoms with van der Waals surface area (Å²) in [6.45, 7) is 4.08. The molecule has 8 aromatic carbocycles. The molecule has 0 spiro atoms. The number of hydrogen-bond donors (Lipinski definition) is 0. The summed E-state index contributed by atoms with van der Waals surface area (Å²) in [5, 5.41) is 7.77. The summed E-state index contributed by atoms with van der Waals surface area (Å²) in [5.74, 6) is 0.745. The van der Waals surface area contributed by atoms with E-state index in [-0.39, 0.29) is 0 Å². The largest absolute Gasteiger partial charge is 0.456 e. The maximum atomic E-state index is 6.32. The molecule has 0 bridgehead atoms. The Morgan fingerprint density at radius 1 is 0.411 bits per heavy atom. The third kappa shape index (κ3) is 5.23. The molecular weight excluding hydrogens is 687 g/mol. The molecule has 11 aromatic rings. The first-order valence-electron chi connectivity index (χ1n) is 18.8. The van der Waals surface area contributed by atoms with E-state index in [1.807, 2.05) is 24.3 Å². The highest BCUT2D eigenvalue weighted by Crippen LogP contribution is 2.42. The molecule has 0 saturated heterocycles. The standard InChI is InChI=1S/C52H33NO3/c1-2-47-43(44-29-35-12-3-4-13-36(35)30-52(44)54-47)26-21-34-11-5-8-16-46(34)53(39-25-28-50-45(32-39)41-15-7-10-18-49(41)55-50)38-23-19-33(20-24-38)37-22-27-42-40-14-6-9-17-48(40)56-51(42)31-37/h2-32H,1H2/b26-21+. The zero-order chi connectivity index (χ0) is 37.2. The van der Waals surface area contributed by atoms with Gasteiger partial charge in [0.2, 0.25) is 0 Å². The lowest BCUT2D eigenvalue weighted by Gasteiger charge is -2.27. The number of nitrogens with zero attached hydrogens (tertiary/aromatic N) is 1. The molecule has 4 heteroatoms. The van der Waals surface area contributed by atoms with Gasteiger partial charge in [-0.05, 0) is 112 Å². The van der Waals surface area contributed by atoms with Crippen LogP contribution in [0, 0.1) is 0 Å². The molecule has 4 nitrogen and oxygen atoms in total. The van der Waals surface area contributed by atoms with Crippen LogP contribution in [0.25, 0.3) is 95.0 Å². The van der Waals surface area contributed by atoms with Gasteiger partial charge < -0.3 is 18.2 Å². The van der Waals surface area contributed by atoms with Crippen molar-refractivity contribution in [3.63, 3.8) is 0 Å². The fourth-order valence-corrected chi connectivity index (χ4v) is 8.14. The minimum atomic E-state index is 0.745. The van der Waals surface area contributed by atoms with Gasteiger partial charge in [-0.2, -0.15) is 0 Å². The molecule has 0 N–H and O–H groups in total. The highest BCUT2D eigenvalue weighted by molar-refractivity contribution is 6.08. The molecule has 0 aliphatic rings. The molecule has 0 aliphatic heterocycles. The average Bonchev–Trinajstić information content (AvgIpc) is 3.93. The second kappa shape index (κ2) is 12.8. The van der Waals surface area contributed by atoms with Crippen molar-refractivity contribution in [3.05, 3.63) is 193 Å². The van der Waals surface area contributed by atoms with E-state index in [2.05, 4.69) is 169 Å². The normalized spacial score (nSPS) is 11.9. The van der Waals surface area contributed by atoms with E-state index < -0.39 is 0 Å². The molecule has 3 aromatic heterocycles.